The normalized spacial score (nSPS) is 15.5. The van der Waals surface area contributed by atoms with E-state index < -0.39 is 47.2 Å². The van der Waals surface area contributed by atoms with Crippen molar-refractivity contribution in [2.45, 2.75) is 18.4 Å². The number of aliphatic hydroxyl groups excluding tert-OH is 3. The molecule has 0 fully saturated rings. The predicted molar refractivity (Wildman–Crippen MR) is 77.9 cm³/mol. The summed E-state index contributed by atoms with van der Waals surface area (Å²) in [5.41, 5.74) is -1.31. The second-order valence-corrected chi connectivity index (χ2v) is 6.52. The van der Waals surface area contributed by atoms with E-state index in [4.69, 9.17) is 25.0 Å². The van der Waals surface area contributed by atoms with Gasteiger partial charge in [-0.3, -0.25) is 9.35 Å². The van der Waals surface area contributed by atoms with Gasteiger partial charge in [0, 0.05) is 6.54 Å². The van der Waals surface area contributed by atoms with E-state index in [0.717, 1.165) is 12.8 Å². The Balaban J connectivity index is 0.000000461. The second kappa shape index (κ2) is 9.87. The summed E-state index contributed by atoms with van der Waals surface area (Å²) < 4.78 is 29.0. The molecule has 0 amide bonds. The highest BCUT2D eigenvalue weighted by Gasteiger charge is 2.27. The summed E-state index contributed by atoms with van der Waals surface area (Å²) in [6, 6.07) is 0. The molecule has 0 saturated heterocycles. The highest BCUT2D eigenvalue weighted by molar-refractivity contribution is 7.85. The summed E-state index contributed by atoms with van der Waals surface area (Å²) in [7, 11) is -4.08. The second-order valence-electron chi connectivity index (χ2n) is 4.95. The lowest BCUT2D eigenvalue weighted by molar-refractivity contribution is -0.141. The lowest BCUT2D eigenvalue weighted by atomic mass is 10.0. The molecule has 0 aromatic rings. The van der Waals surface area contributed by atoms with Crippen LogP contribution in [-0.2, 0) is 14.9 Å². The summed E-state index contributed by atoms with van der Waals surface area (Å²) in [5, 5.41) is 37.3. The SMILES string of the molecule is O=C(O)C1CC=CC1.O=S(=O)(O)CCNC(CO)(CO)CO. The molecule has 0 aromatic carbocycles. The maximum atomic E-state index is 10.3. The van der Waals surface area contributed by atoms with E-state index in [0.29, 0.717) is 0 Å². The maximum Gasteiger partial charge on any atom is 0.307 e. The van der Waals surface area contributed by atoms with Crippen molar-refractivity contribution >= 4 is 16.1 Å². The fourth-order valence-electron chi connectivity index (χ4n) is 1.58. The van der Waals surface area contributed by atoms with Crippen molar-refractivity contribution in [1.82, 2.24) is 5.32 Å². The topological polar surface area (TPSA) is 164 Å². The minimum Gasteiger partial charge on any atom is -0.481 e. The van der Waals surface area contributed by atoms with E-state index in [1.165, 1.54) is 0 Å². The summed E-state index contributed by atoms with van der Waals surface area (Å²) in [6.45, 7) is -1.77. The summed E-state index contributed by atoms with van der Waals surface area (Å²) in [4.78, 5) is 10.2. The van der Waals surface area contributed by atoms with Gasteiger partial charge in [0.05, 0.1) is 37.0 Å². The Labute approximate surface area is 129 Å². The molecule has 0 aliphatic heterocycles. The largest absolute Gasteiger partial charge is 0.481 e. The molecule has 1 aliphatic carbocycles. The molecular weight excluding hydrogens is 318 g/mol. The summed E-state index contributed by atoms with van der Waals surface area (Å²) in [5.74, 6) is -1.35. The third kappa shape index (κ3) is 8.41. The van der Waals surface area contributed by atoms with E-state index in [9.17, 15) is 13.2 Å². The van der Waals surface area contributed by atoms with Crippen molar-refractivity contribution in [2.75, 3.05) is 32.1 Å². The smallest absolute Gasteiger partial charge is 0.307 e. The van der Waals surface area contributed by atoms with Crippen LogP contribution < -0.4 is 5.32 Å². The number of rotatable bonds is 8. The van der Waals surface area contributed by atoms with E-state index in [1.807, 2.05) is 12.2 Å². The quantitative estimate of drug-likeness (QED) is 0.221. The highest BCUT2D eigenvalue weighted by Crippen LogP contribution is 2.16. The van der Waals surface area contributed by atoms with Gasteiger partial charge in [-0.2, -0.15) is 8.42 Å². The van der Waals surface area contributed by atoms with Crippen LogP contribution >= 0.6 is 0 Å². The minimum absolute atomic E-state index is 0.130. The lowest BCUT2D eigenvalue weighted by Gasteiger charge is -2.28. The molecule has 1 aliphatic rings. The molecule has 9 nitrogen and oxygen atoms in total. The van der Waals surface area contributed by atoms with Gasteiger partial charge in [-0.05, 0) is 12.8 Å². The van der Waals surface area contributed by atoms with E-state index in [-0.39, 0.29) is 12.5 Å². The number of hydrogen-bond donors (Lipinski definition) is 6. The molecule has 0 aromatic heterocycles. The Morgan fingerprint density at radius 2 is 1.59 bits per heavy atom. The molecule has 0 heterocycles. The van der Waals surface area contributed by atoms with E-state index in [1.54, 1.807) is 0 Å². The lowest BCUT2D eigenvalue weighted by Crippen LogP contribution is -2.55. The van der Waals surface area contributed by atoms with Gasteiger partial charge in [0.15, 0.2) is 0 Å². The Kier molecular flexibility index (Phi) is 9.41. The van der Waals surface area contributed by atoms with Crippen molar-refractivity contribution in [1.29, 1.82) is 0 Å². The standard InChI is InChI=1S/C6H15NO6S.C6H8O2/c8-3-6(4-9,5-10)7-1-2-14(11,12)13;7-6(8)5-3-1-2-4-5/h7-10H,1-5H2,(H,11,12,13);1-2,5H,3-4H2,(H,7,8). The molecule has 0 spiro atoms. The number of aliphatic hydroxyl groups is 3. The van der Waals surface area contributed by atoms with Crippen LogP contribution in [0.5, 0.6) is 0 Å². The Morgan fingerprint density at radius 3 is 1.86 bits per heavy atom. The van der Waals surface area contributed by atoms with Crippen LogP contribution in [0.4, 0.5) is 0 Å². The highest BCUT2D eigenvalue weighted by atomic mass is 32.2. The van der Waals surface area contributed by atoms with Crippen LogP contribution in [0.1, 0.15) is 12.8 Å². The van der Waals surface area contributed by atoms with Gasteiger partial charge in [-0.1, -0.05) is 12.2 Å². The Hall–Kier alpha value is -1.04. The zero-order valence-electron chi connectivity index (χ0n) is 12.1. The molecule has 6 N–H and O–H groups in total. The van der Waals surface area contributed by atoms with Crippen LogP contribution in [0.25, 0.3) is 0 Å². The molecule has 0 radical (unpaired) electrons. The first-order valence-corrected chi connectivity index (χ1v) is 8.21. The third-order valence-electron chi connectivity index (χ3n) is 3.13. The van der Waals surface area contributed by atoms with Gasteiger partial charge in [-0.25, -0.2) is 0 Å². The van der Waals surface area contributed by atoms with Gasteiger partial charge >= 0.3 is 5.97 Å². The van der Waals surface area contributed by atoms with Gasteiger partial charge in [0.1, 0.15) is 0 Å². The van der Waals surface area contributed by atoms with Crippen LogP contribution in [0.15, 0.2) is 12.2 Å². The van der Waals surface area contributed by atoms with Gasteiger partial charge in [0.25, 0.3) is 10.1 Å². The van der Waals surface area contributed by atoms with Gasteiger partial charge in [-0.15, -0.1) is 0 Å². The van der Waals surface area contributed by atoms with Crippen molar-refractivity contribution in [3.63, 3.8) is 0 Å². The fraction of sp³-hybridized carbons (Fsp3) is 0.750. The minimum atomic E-state index is -4.08. The zero-order valence-corrected chi connectivity index (χ0v) is 12.9. The molecule has 0 bridgehead atoms. The predicted octanol–water partition coefficient (Wildman–Crippen LogP) is -1.78. The number of carboxylic acids is 1. The van der Waals surface area contributed by atoms with Gasteiger partial charge < -0.3 is 25.7 Å². The molecule has 1 rings (SSSR count). The van der Waals surface area contributed by atoms with Crippen molar-refractivity contribution < 1.29 is 38.2 Å². The molecular formula is C12H23NO8S. The number of allylic oxidation sites excluding steroid dienone is 2. The monoisotopic (exact) mass is 341 g/mol. The summed E-state index contributed by atoms with van der Waals surface area (Å²) >= 11 is 0. The van der Waals surface area contributed by atoms with Crippen LogP contribution in [0.3, 0.4) is 0 Å². The molecule has 22 heavy (non-hydrogen) atoms. The van der Waals surface area contributed by atoms with Crippen LogP contribution in [-0.4, -0.2) is 77.0 Å². The van der Waals surface area contributed by atoms with Crippen molar-refractivity contribution in [3.8, 4) is 0 Å². The molecule has 10 heteroatoms. The first-order valence-electron chi connectivity index (χ1n) is 6.60. The van der Waals surface area contributed by atoms with Crippen LogP contribution in [0, 0.1) is 5.92 Å². The number of aliphatic carboxylic acids is 1. The van der Waals surface area contributed by atoms with Crippen molar-refractivity contribution in [3.05, 3.63) is 12.2 Å². The number of carboxylic acid groups (broad SMARTS) is 1. The fourth-order valence-corrected chi connectivity index (χ4v) is 1.94. The Morgan fingerprint density at radius 1 is 1.14 bits per heavy atom. The molecule has 0 saturated carbocycles. The third-order valence-corrected chi connectivity index (χ3v) is 3.85. The van der Waals surface area contributed by atoms with E-state index >= 15 is 0 Å². The van der Waals surface area contributed by atoms with Crippen LogP contribution in [0.2, 0.25) is 0 Å². The maximum absolute atomic E-state index is 10.3. The Bertz CT molecular complexity index is 441. The first kappa shape index (κ1) is 21.0. The van der Waals surface area contributed by atoms with Crippen molar-refractivity contribution in [2.24, 2.45) is 5.92 Å². The average Bonchev–Trinajstić information content (AvgIpc) is 2.98. The number of hydrogen-bond acceptors (Lipinski definition) is 7. The zero-order chi connectivity index (χ0) is 17.2. The average molecular weight is 341 g/mol. The summed E-state index contributed by atoms with van der Waals surface area (Å²) in [6.07, 6.45) is 5.27. The number of nitrogens with one attached hydrogen (secondary N) is 1. The first-order chi connectivity index (χ1) is 10.2. The molecule has 130 valence electrons. The van der Waals surface area contributed by atoms with E-state index in [2.05, 4.69) is 5.32 Å². The molecule has 0 atom stereocenters. The number of carbonyl (C=O) groups is 1. The molecule has 0 unspecified atom stereocenters. The van der Waals surface area contributed by atoms with Gasteiger partial charge in [0.2, 0.25) is 0 Å².